The van der Waals surface area contributed by atoms with Gasteiger partial charge in [0.05, 0.1) is 6.20 Å². The molecule has 0 spiro atoms. The first-order valence-corrected chi connectivity index (χ1v) is 11.5. The minimum atomic E-state index is -0.879. The van der Waals surface area contributed by atoms with Crippen molar-refractivity contribution in [2.75, 3.05) is 25.5 Å². The van der Waals surface area contributed by atoms with Crippen LogP contribution in [0.3, 0.4) is 0 Å². The summed E-state index contributed by atoms with van der Waals surface area (Å²) >= 11 is 0. The maximum Gasteiger partial charge on any atom is 0.312 e. The van der Waals surface area contributed by atoms with Gasteiger partial charge in [-0.1, -0.05) is 0 Å². The number of aromatic nitrogens is 5. The highest BCUT2D eigenvalue weighted by Crippen LogP contribution is 2.38. The lowest BCUT2D eigenvalue weighted by molar-refractivity contribution is 0.171. The van der Waals surface area contributed by atoms with Crippen LogP contribution in [0.5, 0.6) is 11.5 Å². The number of hydrogen-bond donors (Lipinski definition) is 2. The van der Waals surface area contributed by atoms with Crippen LogP contribution in [0.25, 0.3) is 22.6 Å². The number of nitrogens with two attached hydrogens (primary N) is 1. The molecule has 0 unspecified atom stereocenters. The summed E-state index contributed by atoms with van der Waals surface area (Å²) in [6.45, 7) is 8.62. The number of hydrogen-bond acceptors (Lipinski definition) is 9. The summed E-state index contributed by atoms with van der Waals surface area (Å²) in [5, 5.41) is 3.47. The van der Waals surface area contributed by atoms with Gasteiger partial charge in [0.25, 0.3) is 0 Å². The van der Waals surface area contributed by atoms with E-state index in [0.717, 1.165) is 24.1 Å². The third-order valence-corrected chi connectivity index (χ3v) is 5.67. The van der Waals surface area contributed by atoms with Crippen LogP contribution < -0.4 is 20.5 Å². The molecule has 5 rings (SSSR count). The van der Waals surface area contributed by atoms with Crippen molar-refractivity contribution in [2.24, 2.45) is 0 Å². The van der Waals surface area contributed by atoms with Crippen LogP contribution in [0.1, 0.15) is 38.6 Å². The molecular weight excluding hydrogens is 453 g/mol. The van der Waals surface area contributed by atoms with Crippen molar-refractivity contribution < 1.29 is 18.3 Å². The highest BCUT2D eigenvalue weighted by Gasteiger charge is 2.23. The molecule has 4 aromatic rings. The lowest BCUT2D eigenvalue weighted by Gasteiger charge is -2.21. The molecule has 3 N–H and O–H groups in total. The Bertz CT molecular complexity index is 1350. The number of halogens is 1. The van der Waals surface area contributed by atoms with Crippen LogP contribution in [-0.2, 0) is 13.0 Å². The van der Waals surface area contributed by atoms with Gasteiger partial charge in [-0.25, -0.2) is 9.97 Å². The number of benzene rings is 1. The summed E-state index contributed by atoms with van der Waals surface area (Å²) in [5.74, 6) is 2.41. The van der Waals surface area contributed by atoms with Gasteiger partial charge in [0.1, 0.15) is 25.3 Å². The second-order valence-corrected chi connectivity index (χ2v) is 9.43. The molecule has 184 valence electrons. The fourth-order valence-electron chi connectivity index (χ4n) is 4.11. The predicted molar refractivity (Wildman–Crippen MR) is 128 cm³/mol. The van der Waals surface area contributed by atoms with Gasteiger partial charge in [0.15, 0.2) is 28.5 Å². The Morgan fingerprint density at radius 2 is 1.89 bits per heavy atom. The van der Waals surface area contributed by atoms with Gasteiger partial charge in [-0.3, -0.25) is 0 Å². The average Bonchev–Trinajstić information content (AvgIpc) is 3.45. The number of imidazole rings is 1. The number of aryl methyl sites for hydroxylation is 1. The Hall–Kier alpha value is -3.73. The first-order chi connectivity index (χ1) is 16.8. The van der Waals surface area contributed by atoms with Crippen molar-refractivity contribution in [3.63, 3.8) is 0 Å². The van der Waals surface area contributed by atoms with Crippen molar-refractivity contribution in [3.8, 4) is 23.0 Å². The second kappa shape index (κ2) is 9.14. The predicted octanol–water partition coefficient (Wildman–Crippen LogP) is 3.34. The molecule has 0 radical (unpaired) electrons. The van der Waals surface area contributed by atoms with Gasteiger partial charge in [-0.2, -0.15) is 14.4 Å². The highest BCUT2D eigenvalue weighted by molar-refractivity contribution is 5.82. The zero-order valence-electron chi connectivity index (χ0n) is 20.0. The number of rotatable bonds is 7. The number of oxazole rings is 1. The van der Waals surface area contributed by atoms with Gasteiger partial charge >= 0.3 is 6.08 Å². The molecule has 10 nitrogen and oxygen atoms in total. The Kier molecular flexibility index (Phi) is 6.01. The number of anilines is 1. The Labute approximate surface area is 201 Å². The summed E-state index contributed by atoms with van der Waals surface area (Å²) < 4.78 is 33.1. The van der Waals surface area contributed by atoms with Crippen molar-refractivity contribution in [1.82, 2.24) is 29.8 Å². The Morgan fingerprint density at radius 1 is 1.11 bits per heavy atom. The molecule has 0 aliphatic carbocycles. The Morgan fingerprint density at radius 3 is 2.60 bits per heavy atom. The summed E-state index contributed by atoms with van der Waals surface area (Å²) in [7, 11) is 0. The largest absolute Gasteiger partial charge is 0.486 e. The lowest BCUT2D eigenvalue weighted by Crippen LogP contribution is -2.36. The first kappa shape index (κ1) is 23.0. The number of fused-ring (bicyclic) bond motifs is 2. The van der Waals surface area contributed by atoms with E-state index in [9.17, 15) is 4.39 Å². The number of ether oxygens (including phenoxy) is 2. The molecule has 0 saturated carbocycles. The fraction of sp³-hybridized carbons (Fsp3) is 0.417. The molecule has 0 amide bonds. The molecule has 1 aromatic carbocycles. The molecule has 3 aromatic heterocycles. The van der Waals surface area contributed by atoms with E-state index in [2.05, 4.69) is 41.0 Å². The van der Waals surface area contributed by atoms with E-state index in [-0.39, 0.29) is 11.4 Å². The standard InChI is InChI=1S/C24H28FN7O3/c1-24(2,3)28-5-4-7-32-18(29-19-20(26)30-23(25)31-21(19)32)12-14-11-16-17(34-10-9-33-16)13-15(14)22-27-6-8-35-22/h6,8,11,13,28H,4-5,7,9-10,12H2,1-3H3,(H2,26,30,31). The highest BCUT2D eigenvalue weighted by atomic mass is 19.1. The van der Waals surface area contributed by atoms with Gasteiger partial charge < -0.3 is 29.5 Å². The summed E-state index contributed by atoms with van der Waals surface area (Å²) in [5.41, 5.74) is 8.37. The average molecular weight is 482 g/mol. The molecule has 4 heterocycles. The quantitative estimate of drug-likeness (QED) is 0.302. The maximum atomic E-state index is 14.1. The van der Waals surface area contributed by atoms with Gasteiger partial charge in [-0.05, 0) is 51.4 Å². The molecule has 1 aliphatic heterocycles. The van der Waals surface area contributed by atoms with Crippen LogP contribution in [0.2, 0.25) is 0 Å². The van der Waals surface area contributed by atoms with E-state index in [1.54, 1.807) is 6.20 Å². The van der Waals surface area contributed by atoms with E-state index in [4.69, 9.17) is 24.6 Å². The Balaban J connectivity index is 1.55. The van der Waals surface area contributed by atoms with Gasteiger partial charge in [0.2, 0.25) is 5.89 Å². The lowest BCUT2D eigenvalue weighted by atomic mass is 10.0. The van der Waals surface area contributed by atoms with E-state index in [0.29, 0.717) is 60.6 Å². The molecule has 11 heteroatoms. The number of nitrogens with one attached hydrogen (secondary N) is 1. The minimum Gasteiger partial charge on any atom is -0.486 e. The zero-order chi connectivity index (χ0) is 24.6. The smallest absolute Gasteiger partial charge is 0.312 e. The second-order valence-electron chi connectivity index (χ2n) is 9.43. The van der Waals surface area contributed by atoms with E-state index < -0.39 is 6.08 Å². The third kappa shape index (κ3) is 4.90. The molecule has 0 atom stereocenters. The molecule has 35 heavy (non-hydrogen) atoms. The summed E-state index contributed by atoms with van der Waals surface area (Å²) in [6.07, 6.45) is 3.40. The fourth-order valence-corrected chi connectivity index (χ4v) is 4.11. The summed E-state index contributed by atoms with van der Waals surface area (Å²) in [6, 6.07) is 3.78. The monoisotopic (exact) mass is 481 g/mol. The van der Waals surface area contributed by atoms with E-state index in [1.807, 2.05) is 16.7 Å². The van der Waals surface area contributed by atoms with Crippen molar-refractivity contribution in [1.29, 1.82) is 0 Å². The third-order valence-electron chi connectivity index (χ3n) is 5.67. The minimum absolute atomic E-state index is 0.00527. The van der Waals surface area contributed by atoms with Gasteiger partial charge in [-0.15, -0.1) is 0 Å². The zero-order valence-corrected chi connectivity index (χ0v) is 20.0. The van der Waals surface area contributed by atoms with Crippen LogP contribution in [0.15, 0.2) is 29.0 Å². The van der Waals surface area contributed by atoms with Gasteiger partial charge in [0, 0.05) is 24.1 Å². The molecule has 0 bridgehead atoms. The van der Waals surface area contributed by atoms with Crippen LogP contribution >= 0.6 is 0 Å². The maximum absolute atomic E-state index is 14.1. The first-order valence-electron chi connectivity index (χ1n) is 11.5. The van der Waals surface area contributed by atoms with Crippen LogP contribution in [-0.4, -0.2) is 49.8 Å². The summed E-state index contributed by atoms with van der Waals surface area (Å²) in [4.78, 5) is 16.7. The van der Waals surface area contributed by atoms with Crippen molar-refractivity contribution in [2.45, 2.75) is 45.7 Å². The number of nitrogens with zero attached hydrogens (tertiary/aromatic N) is 5. The molecule has 0 fully saturated rings. The SMILES string of the molecule is CC(C)(C)NCCCn1c(Cc2cc3c(cc2-c2ncco2)OCCO3)nc2c(N)nc(F)nc21. The van der Waals surface area contributed by atoms with E-state index >= 15 is 0 Å². The molecule has 1 aliphatic rings. The van der Waals surface area contributed by atoms with E-state index in [1.165, 1.54) is 6.26 Å². The number of nitrogen functional groups attached to an aromatic ring is 1. The molecule has 0 saturated heterocycles. The van der Waals surface area contributed by atoms with Crippen LogP contribution in [0.4, 0.5) is 10.2 Å². The van der Waals surface area contributed by atoms with Crippen LogP contribution in [0, 0.1) is 6.08 Å². The molecular formula is C24H28FN7O3. The normalized spacial score (nSPS) is 13.5. The topological polar surface area (TPSA) is 126 Å². The van der Waals surface area contributed by atoms with Crippen molar-refractivity contribution >= 4 is 17.0 Å². The van der Waals surface area contributed by atoms with Crippen molar-refractivity contribution in [3.05, 3.63) is 42.1 Å².